The first-order valence-electron chi connectivity index (χ1n) is 12.7. The van der Waals surface area contributed by atoms with E-state index in [-0.39, 0.29) is 35.5 Å². The van der Waals surface area contributed by atoms with Crippen molar-refractivity contribution in [2.75, 3.05) is 10.8 Å². The lowest BCUT2D eigenvalue weighted by atomic mass is 10.1. The van der Waals surface area contributed by atoms with Crippen LogP contribution in [0.3, 0.4) is 0 Å². The van der Waals surface area contributed by atoms with Crippen molar-refractivity contribution >= 4 is 50.7 Å². The molecule has 0 spiro atoms. The highest BCUT2D eigenvalue weighted by atomic mass is 35.5. The molecule has 7 nitrogen and oxygen atoms in total. The molecule has 0 radical (unpaired) electrons. The molecule has 0 aliphatic carbocycles. The highest BCUT2D eigenvalue weighted by Gasteiger charge is 2.34. The molecule has 0 aliphatic rings. The number of halogens is 3. The third-order valence-corrected chi connectivity index (χ3v) is 8.55. The number of nitrogens with one attached hydrogen (secondary N) is 1. The molecule has 11 heteroatoms. The first-order valence-corrected chi connectivity index (χ1v) is 14.9. The van der Waals surface area contributed by atoms with Crippen LogP contribution in [0.5, 0.6) is 0 Å². The Kier molecular flexibility index (Phi) is 10.6. The van der Waals surface area contributed by atoms with Crippen LogP contribution in [0.4, 0.5) is 10.1 Å². The van der Waals surface area contributed by atoms with Gasteiger partial charge in [-0.05, 0) is 81.3 Å². The second-order valence-electron chi connectivity index (χ2n) is 9.65. The van der Waals surface area contributed by atoms with Crippen molar-refractivity contribution in [2.24, 2.45) is 0 Å². The van der Waals surface area contributed by atoms with Gasteiger partial charge in [-0.3, -0.25) is 13.9 Å². The number of nitrogens with zero attached hydrogens (tertiary/aromatic N) is 2. The predicted molar refractivity (Wildman–Crippen MR) is 156 cm³/mol. The zero-order chi connectivity index (χ0) is 29.6. The average molecular weight is 609 g/mol. The molecular weight excluding hydrogens is 576 g/mol. The number of hydrogen-bond acceptors (Lipinski definition) is 4. The number of sulfonamides is 1. The Morgan fingerprint density at radius 1 is 0.975 bits per heavy atom. The monoisotopic (exact) mass is 607 g/mol. The normalized spacial score (nSPS) is 12.2. The topological polar surface area (TPSA) is 86.8 Å². The van der Waals surface area contributed by atoms with Crippen LogP contribution in [-0.2, 0) is 26.2 Å². The molecule has 1 atom stereocenters. The molecule has 0 fully saturated rings. The number of anilines is 1. The van der Waals surface area contributed by atoms with Gasteiger partial charge in [0.05, 0.1) is 10.6 Å². The maximum Gasteiger partial charge on any atom is 0.264 e. The SMILES string of the molecule is CCC(C(=O)NC(C)C)N(Cc1ccc(Cl)cc1Cl)C(=O)CN(c1ccc(F)cc1)S(=O)(=O)c1ccc(C)cc1. The minimum atomic E-state index is -4.25. The van der Waals surface area contributed by atoms with Crippen LogP contribution in [0.15, 0.2) is 71.6 Å². The maximum absolute atomic E-state index is 14.0. The Morgan fingerprint density at radius 3 is 2.15 bits per heavy atom. The largest absolute Gasteiger partial charge is 0.352 e. The smallest absolute Gasteiger partial charge is 0.264 e. The summed E-state index contributed by atoms with van der Waals surface area (Å²) in [5.41, 5.74) is 1.49. The minimum absolute atomic E-state index is 0.0351. The maximum atomic E-state index is 14.0. The summed E-state index contributed by atoms with van der Waals surface area (Å²) in [5, 5.41) is 3.53. The number of carbonyl (C=O) groups is 2. The molecule has 0 aromatic heterocycles. The van der Waals surface area contributed by atoms with Gasteiger partial charge in [0, 0.05) is 22.6 Å². The summed E-state index contributed by atoms with van der Waals surface area (Å²) in [6, 6.07) is 14.7. The van der Waals surface area contributed by atoms with Gasteiger partial charge < -0.3 is 10.2 Å². The van der Waals surface area contributed by atoms with Gasteiger partial charge in [-0.15, -0.1) is 0 Å². The number of carbonyl (C=O) groups excluding carboxylic acids is 2. The van der Waals surface area contributed by atoms with Crippen LogP contribution in [0, 0.1) is 12.7 Å². The summed E-state index contributed by atoms with van der Waals surface area (Å²) >= 11 is 12.5. The van der Waals surface area contributed by atoms with E-state index in [4.69, 9.17) is 23.2 Å². The Hall–Kier alpha value is -3.14. The molecule has 40 heavy (non-hydrogen) atoms. The van der Waals surface area contributed by atoms with E-state index in [0.29, 0.717) is 15.6 Å². The summed E-state index contributed by atoms with van der Waals surface area (Å²) in [6.07, 6.45) is 0.261. The number of rotatable bonds is 11. The number of aryl methyl sites for hydroxylation is 1. The van der Waals surface area contributed by atoms with Gasteiger partial charge in [0.1, 0.15) is 18.4 Å². The molecule has 0 aliphatic heterocycles. The van der Waals surface area contributed by atoms with E-state index in [1.807, 2.05) is 6.92 Å². The van der Waals surface area contributed by atoms with Crippen molar-refractivity contribution in [3.8, 4) is 0 Å². The molecule has 3 rings (SSSR count). The Balaban J connectivity index is 2.08. The highest BCUT2D eigenvalue weighted by Crippen LogP contribution is 2.27. The lowest BCUT2D eigenvalue weighted by Gasteiger charge is -2.33. The van der Waals surface area contributed by atoms with E-state index in [2.05, 4.69) is 5.32 Å². The van der Waals surface area contributed by atoms with Gasteiger partial charge in [-0.2, -0.15) is 0 Å². The molecule has 0 saturated heterocycles. The third kappa shape index (κ3) is 7.74. The number of hydrogen-bond donors (Lipinski definition) is 1. The van der Waals surface area contributed by atoms with E-state index in [1.54, 1.807) is 45.0 Å². The molecule has 0 heterocycles. The summed E-state index contributed by atoms with van der Waals surface area (Å²) in [7, 11) is -4.25. The Bertz CT molecular complexity index is 1450. The Labute approximate surface area is 244 Å². The zero-order valence-electron chi connectivity index (χ0n) is 22.7. The van der Waals surface area contributed by atoms with Gasteiger partial charge in [0.25, 0.3) is 10.0 Å². The molecule has 2 amide bonds. The van der Waals surface area contributed by atoms with Gasteiger partial charge in [0.15, 0.2) is 0 Å². The van der Waals surface area contributed by atoms with Gasteiger partial charge in [0.2, 0.25) is 11.8 Å². The zero-order valence-corrected chi connectivity index (χ0v) is 25.0. The standard InChI is InChI=1S/C29H32Cl2FN3O4S/c1-5-27(29(37)33-19(2)3)34(17-21-8-9-22(30)16-26(21)31)28(36)18-35(24-12-10-23(32)11-13-24)40(38,39)25-14-6-20(4)7-15-25/h6-16,19,27H,5,17-18H2,1-4H3,(H,33,37). The van der Waals surface area contributed by atoms with Crippen LogP contribution >= 0.6 is 23.2 Å². The van der Waals surface area contributed by atoms with Crippen LogP contribution in [0.1, 0.15) is 38.3 Å². The fourth-order valence-electron chi connectivity index (χ4n) is 4.11. The molecule has 3 aromatic carbocycles. The summed E-state index contributed by atoms with van der Waals surface area (Å²) in [5.74, 6) is -1.58. The van der Waals surface area contributed by atoms with E-state index < -0.39 is 34.3 Å². The molecule has 3 aromatic rings. The first kappa shape index (κ1) is 31.4. The van der Waals surface area contributed by atoms with E-state index in [0.717, 1.165) is 22.0 Å². The predicted octanol–water partition coefficient (Wildman–Crippen LogP) is 5.97. The molecule has 0 saturated carbocycles. The van der Waals surface area contributed by atoms with Crippen molar-refractivity contribution in [1.82, 2.24) is 10.2 Å². The van der Waals surface area contributed by atoms with Crippen LogP contribution in [-0.4, -0.2) is 43.8 Å². The quantitative estimate of drug-likeness (QED) is 0.291. The van der Waals surface area contributed by atoms with Gasteiger partial charge >= 0.3 is 0 Å². The van der Waals surface area contributed by atoms with Gasteiger partial charge in [-0.25, -0.2) is 12.8 Å². The second-order valence-corrected chi connectivity index (χ2v) is 12.4. The fourth-order valence-corrected chi connectivity index (χ4v) is 5.99. The van der Waals surface area contributed by atoms with Gasteiger partial charge in [-0.1, -0.05) is 53.9 Å². The minimum Gasteiger partial charge on any atom is -0.352 e. The average Bonchev–Trinajstić information content (AvgIpc) is 2.88. The van der Waals surface area contributed by atoms with Crippen molar-refractivity contribution < 1.29 is 22.4 Å². The first-order chi connectivity index (χ1) is 18.8. The Morgan fingerprint density at radius 2 is 1.60 bits per heavy atom. The van der Waals surface area contributed by atoms with Crippen LogP contribution in [0.2, 0.25) is 10.0 Å². The van der Waals surface area contributed by atoms with Crippen molar-refractivity contribution in [3.63, 3.8) is 0 Å². The molecule has 1 unspecified atom stereocenters. The summed E-state index contributed by atoms with van der Waals surface area (Å²) in [6.45, 7) is 6.48. The number of amides is 2. The molecular formula is C29H32Cl2FN3O4S. The molecule has 214 valence electrons. The van der Waals surface area contributed by atoms with Crippen molar-refractivity contribution in [2.45, 2.75) is 57.6 Å². The van der Waals surface area contributed by atoms with E-state index in [1.165, 1.54) is 35.2 Å². The fraction of sp³-hybridized carbons (Fsp3) is 0.310. The van der Waals surface area contributed by atoms with E-state index in [9.17, 15) is 22.4 Å². The highest BCUT2D eigenvalue weighted by molar-refractivity contribution is 7.92. The van der Waals surface area contributed by atoms with Crippen LogP contribution in [0.25, 0.3) is 0 Å². The second kappa shape index (κ2) is 13.5. The summed E-state index contributed by atoms with van der Waals surface area (Å²) in [4.78, 5) is 28.4. The van der Waals surface area contributed by atoms with Crippen molar-refractivity contribution in [1.29, 1.82) is 0 Å². The van der Waals surface area contributed by atoms with Crippen molar-refractivity contribution in [3.05, 3.63) is 93.7 Å². The summed E-state index contributed by atoms with van der Waals surface area (Å²) < 4.78 is 42.3. The van der Waals surface area contributed by atoms with E-state index >= 15 is 0 Å². The third-order valence-electron chi connectivity index (χ3n) is 6.18. The molecule has 1 N–H and O–H groups in total. The number of benzene rings is 3. The lowest BCUT2D eigenvalue weighted by molar-refractivity contribution is -0.140. The van der Waals surface area contributed by atoms with Crippen LogP contribution < -0.4 is 9.62 Å². The lowest BCUT2D eigenvalue weighted by Crippen LogP contribution is -2.53. The molecule has 0 bridgehead atoms.